The fourth-order valence-electron chi connectivity index (χ4n) is 2.58. The third-order valence-electron chi connectivity index (χ3n) is 4.04. The zero-order valence-corrected chi connectivity index (χ0v) is 15.7. The first-order valence-corrected chi connectivity index (χ1v) is 9.53. The van der Waals surface area contributed by atoms with Crippen molar-refractivity contribution < 1.29 is 9.59 Å². The van der Waals surface area contributed by atoms with E-state index in [1.807, 2.05) is 42.5 Å². The van der Waals surface area contributed by atoms with Crippen molar-refractivity contribution in [1.29, 1.82) is 0 Å². The lowest BCUT2D eigenvalue weighted by Gasteiger charge is -2.19. The van der Waals surface area contributed by atoms with Crippen molar-refractivity contribution in [1.82, 2.24) is 5.32 Å². The maximum Gasteiger partial charge on any atom is 0.262 e. The third-order valence-corrected chi connectivity index (χ3v) is 5.14. The van der Waals surface area contributed by atoms with E-state index >= 15 is 0 Å². The molecule has 1 aliphatic heterocycles. The zero-order chi connectivity index (χ0) is 18.5. The van der Waals surface area contributed by atoms with Gasteiger partial charge in [0.2, 0.25) is 0 Å². The van der Waals surface area contributed by atoms with Crippen LogP contribution in [0.15, 0.2) is 58.3 Å². The molecule has 134 valence electrons. The molecule has 0 aromatic heterocycles. The number of fused-ring (bicyclic) bond motifs is 1. The number of anilines is 1. The molecule has 4 nitrogen and oxygen atoms in total. The summed E-state index contributed by atoms with van der Waals surface area (Å²) >= 11 is 1.42. The first-order valence-electron chi connectivity index (χ1n) is 8.71. The van der Waals surface area contributed by atoms with Crippen molar-refractivity contribution in [2.75, 3.05) is 11.9 Å². The minimum Gasteiger partial charge on any atom is -0.352 e. The molecule has 2 amide bonds. The van der Waals surface area contributed by atoms with Crippen LogP contribution < -0.4 is 10.6 Å². The van der Waals surface area contributed by atoms with Gasteiger partial charge < -0.3 is 10.6 Å². The normalized spacial score (nSPS) is 14.9. The summed E-state index contributed by atoms with van der Waals surface area (Å²) in [5.41, 5.74) is 2.22. The van der Waals surface area contributed by atoms with Gasteiger partial charge in [0.25, 0.3) is 11.8 Å². The highest BCUT2D eigenvalue weighted by Gasteiger charge is 2.22. The first kappa shape index (κ1) is 18.3. The summed E-state index contributed by atoms with van der Waals surface area (Å²) < 4.78 is 0. The van der Waals surface area contributed by atoms with Gasteiger partial charge in [-0.05, 0) is 42.2 Å². The topological polar surface area (TPSA) is 58.2 Å². The van der Waals surface area contributed by atoms with Crippen LogP contribution in [0, 0.1) is 5.92 Å². The van der Waals surface area contributed by atoms with Gasteiger partial charge in [-0.3, -0.25) is 9.59 Å². The largest absolute Gasteiger partial charge is 0.352 e. The molecule has 0 saturated heterocycles. The van der Waals surface area contributed by atoms with Crippen molar-refractivity contribution in [3.8, 4) is 0 Å². The molecule has 26 heavy (non-hydrogen) atoms. The number of benzene rings is 2. The molecule has 0 atom stereocenters. The predicted octanol–water partition coefficient (Wildman–Crippen LogP) is 4.55. The molecule has 5 heteroatoms. The number of nitrogens with one attached hydrogen (secondary N) is 2. The summed E-state index contributed by atoms with van der Waals surface area (Å²) in [5, 5.41) is 5.81. The molecule has 0 bridgehead atoms. The monoisotopic (exact) mass is 366 g/mol. The Balaban J connectivity index is 1.74. The molecule has 2 aromatic carbocycles. The summed E-state index contributed by atoms with van der Waals surface area (Å²) in [6, 6.07) is 15.2. The molecular weight excluding hydrogens is 344 g/mol. The second-order valence-corrected chi connectivity index (χ2v) is 7.71. The van der Waals surface area contributed by atoms with E-state index in [-0.39, 0.29) is 11.8 Å². The molecule has 0 radical (unpaired) electrons. The van der Waals surface area contributed by atoms with Crippen molar-refractivity contribution in [2.45, 2.75) is 25.2 Å². The maximum atomic E-state index is 12.4. The highest BCUT2D eigenvalue weighted by Crippen LogP contribution is 2.39. The quantitative estimate of drug-likeness (QED) is 0.764. The number of hydrogen-bond acceptors (Lipinski definition) is 3. The van der Waals surface area contributed by atoms with Gasteiger partial charge in [0.15, 0.2) is 0 Å². The predicted molar refractivity (Wildman–Crippen MR) is 107 cm³/mol. The van der Waals surface area contributed by atoms with Gasteiger partial charge in [-0.25, -0.2) is 0 Å². The molecule has 1 heterocycles. The average molecular weight is 366 g/mol. The van der Waals surface area contributed by atoms with Crippen LogP contribution in [0.1, 0.15) is 36.2 Å². The van der Waals surface area contributed by atoms with Gasteiger partial charge in [0, 0.05) is 17.0 Å². The molecule has 2 aromatic rings. The molecule has 0 fully saturated rings. The van der Waals surface area contributed by atoms with Gasteiger partial charge in [-0.2, -0.15) is 0 Å². The average Bonchev–Trinajstić information content (AvgIpc) is 2.62. The Morgan fingerprint density at radius 1 is 1.19 bits per heavy atom. The summed E-state index contributed by atoms with van der Waals surface area (Å²) in [6.07, 6.45) is 2.81. The molecule has 2 N–H and O–H groups in total. The Bertz CT molecular complexity index is 844. The minimum atomic E-state index is -0.149. The van der Waals surface area contributed by atoms with Crippen molar-refractivity contribution in [3.05, 3.63) is 64.6 Å². The van der Waals surface area contributed by atoms with Crippen LogP contribution in [0.4, 0.5) is 5.69 Å². The SMILES string of the molecule is CC(C)CCNC(=O)c1ccc2c(c1)NC(=O)C(=Cc1ccccc1)S2. The van der Waals surface area contributed by atoms with E-state index in [1.165, 1.54) is 11.8 Å². The first-order chi connectivity index (χ1) is 12.5. The van der Waals surface area contributed by atoms with Crippen molar-refractivity contribution in [3.63, 3.8) is 0 Å². The van der Waals surface area contributed by atoms with E-state index in [0.717, 1.165) is 16.9 Å². The van der Waals surface area contributed by atoms with Gasteiger partial charge in [-0.1, -0.05) is 55.9 Å². The molecule has 1 aliphatic rings. The van der Waals surface area contributed by atoms with Crippen LogP contribution in [0.3, 0.4) is 0 Å². The summed E-state index contributed by atoms with van der Waals surface area (Å²) in [7, 11) is 0. The second kappa shape index (κ2) is 8.23. The lowest BCUT2D eigenvalue weighted by molar-refractivity contribution is -0.112. The number of thioether (sulfide) groups is 1. The van der Waals surface area contributed by atoms with Crippen LogP contribution in [0.2, 0.25) is 0 Å². The van der Waals surface area contributed by atoms with Crippen LogP contribution >= 0.6 is 11.8 Å². The van der Waals surface area contributed by atoms with Gasteiger partial charge in [-0.15, -0.1) is 0 Å². The van der Waals surface area contributed by atoms with Gasteiger partial charge in [0.05, 0.1) is 10.6 Å². The fourth-order valence-corrected chi connectivity index (χ4v) is 3.51. The van der Waals surface area contributed by atoms with Crippen LogP contribution in [0.25, 0.3) is 6.08 Å². The van der Waals surface area contributed by atoms with Crippen LogP contribution in [-0.4, -0.2) is 18.4 Å². The van der Waals surface area contributed by atoms with Crippen LogP contribution in [-0.2, 0) is 4.79 Å². The van der Waals surface area contributed by atoms with Crippen molar-refractivity contribution >= 4 is 35.3 Å². The standard InChI is InChI=1S/C21H22N2O2S/c1-14(2)10-11-22-20(24)16-8-9-18-17(13-16)23-21(25)19(26-18)12-15-6-4-3-5-7-15/h3-9,12-14H,10-11H2,1-2H3,(H,22,24)(H,23,25). The Kier molecular flexibility index (Phi) is 5.78. The van der Waals surface area contributed by atoms with E-state index < -0.39 is 0 Å². The second-order valence-electron chi connectivity index (χ2n) is 6.62. The summed E-state index contributed by atoms with van der Waals surface area (Å²) in [4.78, 5) is 26.2. The Labute approximate surface area is 158 Å². The number of carbonyl (C=O) groups excluding carboxylic acids is 2. The summed E-state index contributed by atoms with van der Waals surface area (Å²) in [6.45, 7) is 4.90. The fraction of sp³-hybridized carbons (Fsp3) is 0.238. The highest BCUT2D eigenvalue weighted by molar-refractivity contribution is 8.04. The van der Waals surface area contributed by atoms with E-state index in [1.54, 1.807) is 12.1 Å². The van der Waals surface area contributed by atoms with Crippen molar-refractivity contribution in [2.24, 2.45) is 5.92 Å². The smallest absolute Gasteiger partial charge is 0.262 e. The molecule has 0 saturated carbocycles. The van der Waals surface area contributed by atoms with E-state index in [2.05, 4.69) is 24.5 Å². The maximum absolute atomic E-state index is 12.4. The van der Waals surface area contributed by atoms with E-state index in [4.69, 9.17) is 0 Å². The third kappa shape index (κ3) is 4.55. The minimum absolute atomic E-state index is 0.113. The van der Waals surface area contributed by atoms with E-state index in [0.29, 0.717) is 28.6 Å². The highest BCUT2D eigenvalue weighted by atomic mass is 32.2. The molecule has 3 rings (SSSR count). The lowest BCUT2D eigenvalue weighted by atomic mass is 10.1. The number of carbonyl (C=O) groups is 2. The van der Waals surface area contributed by atoms with Gasteiger partial charge >= 0.3 is 0 Å². The van der Waals surface area contributed by atoms with E-state index in [9.17, 15) is 9.59 Å². The molecule has 0 spiro atoms. The lowest BCUT2D eigenvalue weighted by Crippen LogP contribution is -2.26. The molecular formula is C21H22N2O2S. The zero-order valence-electron chi connectivity index (χ0n) is 14.9. The number of amides is 2. The Morgan fingerprint density at radius 3 is 2.69 bits per heavy atom. The Morgan fingerprint density at radius 2 is 1.96 bits per heavy atom. The number of hydrogen-bond donors (Lipinski definition) is 2. The number of rotatable bonds is 5. The Hall–Kier alpha value is -2.53. The summed E-state index contributed by atoms with van der Waals surface area (Å²) in [5.74, 6) is 0.284. The molecule has 0 aliphatic carbocycles. The van der Waals surface area contributed by atoms with Crippen LogP contribution in [0.5, 0.6) is 0 Å². The van der Waals surface area contributed by atoms with Gasteiger partial charge in [0.1, 0.15) is 0 Å². The molecule has 0 unspecified atom stereocenters.